The van der Waals surface area contributed by atoms with E-state index in [-0.39, 0.29) is 24.1 Å². The number of hydrogen-bond donors (Lipinski definition) is 0. The SMILES string of the molecule is COC(=O)CN1C(=O)/C(=C/c2ccc(OCc3cccc(F)c3)c(Cl)c2)N(C)C1=S. The predicted octanol–water partition coefficient (Wildman–Crippen LogP) is 3.63. The molecule has 1 aliphatic rings. The molecule has 0 bridgehead atoms. The first-order valence-corrected chi connectivity index (χ1v) is 9.63. The molecule has 0 aliphatic carbocycles. The van der Waals surface area contributed by atoms with Crippen LogP contribution in [0.4, 0.5) is 4.39 Å². The van der Waals surface area contributed by atoms with Gasteiger partial charge in [-0.05, 0) is 53.7 Å². The van der Waals surface area contributed by atoms with Gasteiger partial charge in [-0.25, -0.2) is 4.39 Å². The van der Waals surface area contributed by atoms with Crippen LogP contribution < -0.4 is 4.74 Å². The smallest absolute Gasteiger partial charge is 0.325 e. The number of nitrogens with zero attached hydrogens (tertiary/aromatic N) is 2. The van der Waals surface area contributed by atoms with Gasteiger partial charge in [-0.3, -0.25) is 14.5 Å². The van der Waals surface area contributed by atoms with Crippen LogP contribution in [-0.4, -0.2) is 47.5 Å². The average Bonchev–Trinajstić information content (AvgIpc) is 2.91. The Labute approximate surface area is 183 Å². The zero-order valence-electron chi connectivity index (χ0n) is 16.2. The minimum Gasteiger partial charge on any atom is -0.487 e. The van der Waals surface area contributed by atoms with Crippen molar-refractivity contribution in [1.29, 1.82) is 0 Å². The summed E-state index contributed by atoms with van der Waals surface area (Å²) in [6.45, 7) is -0.0979. The summed E-state index contributed by atoms with van der Waals surface area (Å²) in [6.07, 6.45) is 1.62. The Kier molecular flexibility index (Phi) is 6.69. The Morgan fingerprint density at radius 1 is 1.27 bits per heavy atom. The summed E-state index contributed by atoms with van der Waals surface area (Å²) in [5.41, 5.74) is 1.62. The van der Waals surface area contributed by atoms with Gasteiger partial charge >= 0.3 is 5.97 Å². The van der Waals surface area contributed by atoms with E-state index in [1.807, 2.05) is 0 Å². The van der Waals surface area contributed by atoms with Crippen LogP contribution in [0.3, 0.4) is 0 Å². The second kappa shape index (κ2) is 9.23. The fourth-order valence-corrected chi connectivity index (χ4v) is 3.30. The third kappa shape index (κ3) is 4.77. The van der Waals surface area contributed by atoms with Crippen molar-refractivity contribution in [2.75, 3.05) is 20.7 Å². The van der Waals surface area contributed by atoms with Crippen molar-refractivity contribution in [2.45, 2.75) is 6.61 Å². The van der Waals surface area contributed by atoms with Crippen molar-refractivity contribution in [3.8, 4) is 5.75 Å². The van der Waals surface area contributed by atoms with Crippen molar-refractivity contribution in [2.24, 2.45) is 0 Å². The number of carbonyl (C=O) groups excluding carboxylic acids is 2. The molecular weight excluding hydrogens is 431 g/mol. The fraction of sp³-hybridized carbons (Fsp3) is 0.190. The molecule has 1 saturated heterocycles. The molecule has 9 heteroatoms. The monoisotopic (exact) mass is 448 g/mol. The maximum Gasteiger partial charge on any atom is 0.325 e. The minimum atomic E-state index is -0.566. The molecule has 0 radical (unpaired) electrons. The molecule has 0 spiro atoms. The zero-order chi connectivity index (χ0) is 21.8. The Balaban J connectivity index is 1.75. The van der Waals surface area contributed by atoms with Crippen LogP contribution in [0, 0.1) is 5.82 Å². The van der Waals surface area contributed by atoms with E-state index >= 15 is 0 Å². The van der Waals surface area contributed by atoms with E-state index in [4.69, 9.17) is 28.6 Å². The molecule has 0 unspecified atom stereocenters. The van der Waals surface area contributed by atoms with Crippen LogP contribution in [0.1, 0.15) is 11.1 Å². The lowest BCUT2D eigenvalue weighted by Gasteiger charge is -2.14. The van der Waals surface area contributed by atoms with Crippen LogP contribution in [0.25, 0.3) is 6.08 Å². The molecule has 6 nitrogen and oxygen atoms in total. The van der Waals surface area contributed by atoms with Gasteiger partial charge in [0.25, 0.3) is 5.91 Å². The summed E-state index contributed by atoms with van der Waals surface area (Å²) >= 11 is 11.6. The van der Waals surface area contributed by atoms with Crippen LogP contribution in [0.15, 0.2) is 48.2 Å². The first-order chi connectivity index (χ1) is 14.3. The number of carbonyl (C=O) groups is 2. The molecule has 1 heterocycles. The van der Waals surface area contributed by atoms with Crippen LogP contribution in [-0.2, 0) is 20.9 Å². The highest BCUT2D eigenvalue weighted by Crippen LogP contribution is 2.29. The highest BCUT2D eigenvalue weighted by molar-refractivity contribution is 7.80. The second-order valence-electron chi connectivity index (χ2n) is 6.45. The molecule has 2 aromatic rings. The average molecular weight is 449 g/mol. The zero-order valence-corrected chi connectivity index (χ0v) is 17.8. The predicted molar refractivity (Wildman–Crippen MR) is 114 cm³/mol. The quantitative estimate of drug-likeness (QED) is 0.382. The summed E-state index contributed by atoms with van der Waals surface area (Å²) in [4.78, 5) is 26.9. The number of methoxy groups -OCH3 is 1. The number of rotatable bonds is 6. The highest BCUT2D eigenvalue weighted by Gasteiger charge is 2.37. The molecule has 0 atom stereocenters. The van der Waals surface area contributed by atoms with E-state index in [1.165, 1.54) is 29.0 Å². The Morgan fingerprint density at radius 3 is 2.70 bits per heavy atom. The molecular formula is C21H18ClFN2O4S. The number of amides is 1. The molecule has 3 rings (SSSR count). The first-order valence-electron chi connectivity index (χ1n) is 8.85. The maximum absolute atomic E-state index is 13.3. The van der Waals surface area contributed by atoms with Gasteiger partial charge in [-0.2, -0.15) is 0 Å². The Bertz CT molecular complexity index is 1040. The Hall–Kier alpha value is -2.97. The van der Waals surface area contributed by atoms with Crippen LogP contribution in [0.5, 0.6) is 5.75 Å². The van der Waals surface area contributed by atoms with Gasteiger partial charge in [0, 0.05) is 7.05 Å². The third-order valence-corrected chi connectivity index (χ3v) is 5.19. The number of hydrogen-bond acceptors (Lipinski definition) is 5. The summed E-state index contributed by atoms with van der Waals surface area (Å²) < 4.78 is 23.5. The standard InChI is InChI=1S/C21H18ClFN2O4S/c1-24-17(20(27)25(21(24)30)11-19(26)28-2)10-13-6-7-18(16(22)9-13)29-12-14-4-3-5-15(23)8-14/h3-10H,11-12H2,1-2H3/b17-10-. The van der Waals surface area contributed by atoms with Gasteiger partial charge < -0.3 is 14.4 Å². The van der Waals surface area contributed by atoms with Crippen molar-refractivity contribution in [3.63, 3.8) is 0 Å². The normalized spacial score (nSPS) is 15.1. The van der Waals surface area contributed by atoms with Crippen LogP contribution in [0.2, 0.25) is 5.02 Å². The molecule has 156 valence electrons. The summed E-state index contributed by atoms with van der Waals surface area (Å²) in [5, 5.41) is 0.542. The van der Waals surface area contributed by atoms with E-state index in [1.54, 1.807) is 43.5 Å². The van der Waals surface area contributed by atoms with Crippen molar-refractivity contribution in [3.05, 3.63) is 70.1 Å². The summed E-state index contributed by atoms with van der Waals surface area (Å²) in [5.74, 6) is -0.885. The lowest BCUT2D eigenvalue weighted by Crippen LogP contribution is -2.36. The van der Waals surface area contributed by atoms with Gasteiger partial charge in [-0.15, -0.1) is 0 Å². The number of benzene rings is 2. The van der Waals surface area contributed by atoms with Gasteiger partial charge in [-0.1, -0.05) is 29.8 Å². The third-order valence-electron chi connectivity index (χ3n) is 4.40. The minimum absolute atomic E-state index is 0.163. The number of esters is 1. The maximum atomic E-state index is 13.3. The first kappa shape index (κ1) is 21.7. The summed E-state index contributed by atoms with van der Waals surface area (Å²) in [7, 11) is 2.88. The largest absolute Gasteiger partial charge is 0.487 e. The highest BCUT2D eigenvalue weighted by atomic mass is 35.5. The molecule has 1 fully saturated rings. The number of thiocarbonyl (C=S) groups is 1. The number of halogens is 2. The fourth-order valence-electron chi connectivity index (χ4n) is 2.81. The molecule has 0 saturated carbocycles. The van der Waals surface area contributed by atoms with Gasteiger partial charge in [0.1, 0.15) is 30.4 Å². The van der Waals surface area contributed by atoms with Crippen molar-refractivity contribution in [1.82, 2.24) is 9.80 Å². The van der Waals surface area contributed by atoms with Crippen molar-refractivity contribution < 1.29 is 23.5 Å². The molecule has 30 heavy (non-hydrogen) atoms. The van der Waals surface area contributed by atoms with E-state index in [0.717, 1.165) is 0 Å². The van der Waals surface area contributed by atoms with Gasteiger partial charge in [0.2, 0.25) is 0 Å². The molecule has 0 N–H and O–H groups in total. The van der Waals surface area contributed by atoms with E-state index < -0.39 is 11.9 Å². The van der Waals surface area contributed by atoms with E-state index in [0.29, 0.717) is 27.6 Å². The second-order valence-corrected chi connectivity index (χ2v) is 7.22. The molecule has 2 aromatic carbocycles. The van der Waals surface area contributed by atoms with Crippen LogP contribution >= 0.6 is 23.8 Å². The number of likely N-dealkylation sites (N-methyl/N-ethyl adjacent to an activating group) is 1. The number of ether oxygens (including phenoxy) is 2. The molecule has 1 amide bonds. The lowest BCUT2D eigenvalue weighted by atomic mass is 10.1. The summed E-state index contributed by atoms with van der Waals surface area (Å²) in [6, 6.07) is 11.1. The van der Waals surface area contributed by atoms with Crippen molar-refractivity contribution >= 4 is 46.9 Å². The van der Waals surface area contributed by atoms with E-state index in [9.17, 15) is 14.0 Å². The van der Waals surface area contributed by atoms with E-state index in [2.05, 4.69) is 4.74 Å². The van der Waals surface area contributed by atoms with Gasteiger partial charge in [0.15, 0.2) is 5.11 Å². The molecule has 0 aromatic heterocycles. The lowest BCUT2D eigenvalue weighted by molar-refractivity contribution is -0.143. The van der Waals surface area contributed by atoms with Gasteiger partial charge in [0.05, 0.1) is 12.1 Å². The Morgan fingerprint density at radius 2 is 2.03 bits per heavy atom. The molecule has 1 aliphatic heterocycles. The topological polar surface area (TPSA) is 59.1 Å².